The minimum Gasteiger partial charge on any atom is -0.228 e. The molecule has 0 bridgehead atoms. The molecule has 1 aliphatic rings. The third kappa shape index (κ3) is 5.05. The fourth-order valence-electron chi connectivity index (χ4n) is 7.49. The molecule has 0 aliphatic heterocycles. The second-order valence-electron chi connectivity index (χ2n) is 13.5. The van der Waals surface area contributed by atoms with Crippen LogP contribution in [0.5, 0.6) is 0 Å². The van der Waals surface area contributed by atoms with Gasteiger partial charge in [0.2, 0.25) is 0 Å². The maximum absolute atomic E-state index is 5.07. The van der Waals surface area contributed by atoms with Gasteiger partial charge in [-0.3, -0.25) is 0 Å². The molecule has 0 saturated carbocycles. The molecule has 0 saturated heterocycles. The quantitative estimate of drug-likeness (QED) is 0.190. The van der Waals surface area contributed by atoms with E-state index in [9.17, 15) is 0 Å². The fourth-order valence-corrected chi connectivity index (χ4v) is 7.49. The van der Waals surface area contributed by atoms with Crippen molar-refractivity contribution in [3.8, 4) is 67.3 Å². The Balaban J connectivity index is 1.10. The zero-order valence-corrected chi connectivity index (χ0v) is 27.6. The Kier molecular flexibility index (Phi) is 6.84. The molecule has 9 rings (SSSR count). The van der Waals surface area contributed by atoms with Gasteiger partial charge in [0.05, 0.1) is 11.4 Å². The molecule has 2 heteroatoms. The predicted molar refractivity (Wildman–Crippen MR) is 204 cm³/mol. The standard InChI is InChI=1S/C47H34N2/c1-47(2)41-26-24-31-13-9-10-22-39(31)45(41)40-25-23-37(29-42(40)47)35-19-11-18-34(27-35)36-20-12-21-38(28-36)46-48-43(32-14-5-3-6-15-32)30-44(49-46)33-16-7-4-8-17-33/h3-30H,1-2H3. The summed E-state index contributed by atoms with van der Waals surface area (Å²) in [6.45, 7) is 4.71. The number of nitrogens with zero attached hydrogens (tertiary/aromatic N) is 2. The van der Waals surface area contributed by atoms with Crippen LogP contribution in [0.1, 0.15) is 25.0 Å². The fraction of sp³-hybridized carbons (Fsp3) is 0.0638. The first-order chi connectivity index (χ1) is 24.0. The molecule has 8 aromatic rings. The molecule has 1 aromatic heterocycles. The zero-order chi connectivity index (χ0) is 33.0. The van der Waals surface area contributed by atoms with Gasteiger partial charge in [0.25, 0.3) is 0 Å². The van der Waals surface area contributed by atoms with Crippen molar-refractivity contribution in [2.45, 2.75) is 19.3 Å². The monoisotopic (exact) mass is 626 g/mol. The first-order valence-electron chi connectivity index (χ1n) is 16.9. The summed E-state index contributed by atoms with van der Waals surface area (Å²) in [5.74, 6) is 0.714. The molecule has 0 fully saturated rings. The van der Waals surface area contributed by atoms with Gasteiger partial charge in [-0.1, -0.05) is 159 Å². The Labute approximate surface area is 287 Å². The maximum Gasteiger partial charge on any atom is 0.160 e. The summed E-state index contributed by atoms with van der Waals surface area (Å²) in [6, 6.07) is 60.6. The molecule has 232 valence electrons. The molecule has 49 heavy (non-hydrogen) atoms. The van der Waals surface area contributed by atoms with E-state index in [-0.39, 0.29) is 5.41 Å². The Morgan fingerprint density at radius 2 is 0.918 bits per heavy atom. The normalized spacial score (nSPS) is 12.9. The van der Waals surface area contributed by atoms with Gasteiger partial charge < -0.3 is 0 Å². The van der Waals surface area contributed by atoms with Crippen molar-refractivity contribution in [2.75, 3.05) is 0 Å². The number of hydrogen-bond donors (Lipinski definition) is 0. The van der Waals surface area contributed by atoms with E-state index in [1.54, 1.807) is 0 Å². The highest BCUT2D eigenvalue weighted by molar-refractivity contribution is 6.02. The minimum atomic E-state index is -0.0798. The van der Waals surface area contributed by atoms with Gasteiger partial charge in [-0.2, -0.15) is 0 Å². The van der Waals surface area contributed by atoms with E-state index in [2.05, 4.69) is 172 Å². The summed E-state index contributed by atoms with van der Waals surface area (Å²) in [4.78, 5) is 10.1. The lowest BCUT2D eigenvalue weighted by molar-refractivity contribution is 0.661. The number of hydrogen-bond acceptors (Lipinski definition) is 2. The lowest BCUT2D eigenvalue weighted by Gasteiger charge is -2.22. The van der Waals surface area contributed by atoms with Crippen molar-refractivity contribution in [1.29, 1.82) is 0 Å². The predicted octanol–water partition coefficient (Wildman–Crippen LogP) is 12.3. The van der Waals surface area contributed by atoms with Gasteiger partial charge in [0.1, 0.15) is 0 Å². The van der Waals surface area contributed by atoms with Gasteiger partial charge in [-0.25, -0.2) is 9.97 Å². The van der Waals surface area contributed by atoms with Crippen LogP contribution in [0.15, 0.2) is 170 Å². The van der Waals surface area contributed by atoms with E-state index in [0.717, 1.165) is 39.2 Å². The highest BCUT2D eigenvalue weighted by Gasteiger charge is 2.36. The molecule has 2 nitrogen and oxygen atoms in total. The summed E-state index contributed by atoms with van der Waals surface area (Å²) in [7, 11) is 0. The number of fused-ring (bicyclic) bond motifs is 5. The van der Waals surface area contributed by atoms with E-state index < -0.39 is 0 Å². The maximum atomic E-state index is 5.07. The van der Waals surface area contributed by atoms with Crippen molar-refractivity contribution >= 4 is 10.8 Å². The Bertz CT molecular complexity index is 2450. The van der Waals surface area contributed by atoms with Crippen LogP contribution in [0.3, 0.4) is 0 Å². The molecule has 0 N–H and O–H groups in total. The van der Waals surface area contributed by atoms with Gasteiger partial charge in [0, 0.05) is 22.1 Å². The second-order valence-corrected chi connectivity index (χ2v) is 13.5. The van der Waals surface area contributed by atoms with Crippen LogP contribution < -0.4 is 0 Å². The number of benzene rings is 7. The summed E-state index contributed by atoms with van der Waals surface area (Å²) >= 11 is 0. The number of rotatable bonds is 5. The van der Waals surface area contributed by atoms with E-state index >= 15 is 0 Å². The highest BCUT2D eigenvalue weighted by Crippen LogP contribution is 2.52. The van der Waals surface area contributed by atoms with E-state index in [0.29, 0.717) is 5.82 Å². The van der Waals surface area contributed by atoms with Crippen molar-refractivity contribution < 1.29 is 0 Å². The first kappa shape index (κ1) is 29.1. The lowest BCUT2D eigenvalue weighted by atomic mass is 9.81. The van der Waals surface area contributed by atoms with Crippen molar-refractivity contribution in [3.63, 3.8) is 0 Å². The van der Waals surface area contributed by atoms with Gasteiger partial charge >= 0.3 is 0 Å². The van der Waals surface area contributed by atoms with Crippen LogP contribution in [0, 0.1) is 0 Å². The molecular weight excluding hydrogens is 593 g/mol. The largest absolute Gasteiger partial charge is 0.228 e. The van der Waals surface area contributed by atoms with Gasteiger partial charge in [0.15, 0.2) is 5.82 Å². The molecule has 0 amide bonds. The van der Waals surface area contributed by atoms with Gasteiger partial charge in [-0.15, -0.1) is 0 Å². The SMILES string of the molecule is CC1(C)c2cc(-c3cccc(-c4cccc(-c5nc(-c6ccccc6)cc(-c6ccccc6)n5)c4)c3)ccc2-c2c1ccc1ccccc21. The Morgan fingerprint density at radius 3 is 1.57 bits per heavy atom. The van der Waals surface area contributed by atoms with E-state index in [1.165, 1.54) is 44.2 Å². The average Bonchev–Trinajstić information content (AvgIpc) is 3.41. The molecule has 0 radical (unpaired) electrons. The third-order valence-corrected chi connectivity index (χ3v) is 10.1. The first-order valence-corrected chi connectivity index (χ1v) is 16.9. The van der Waals surface area contributed by atoms with Crippen molar-refractivity contribution in [1.82, 2.24) is 9.97 Å². The van der Waals surface area contributed by atoms with Crippen LogP contribution in [-0.4, -0.2) is 9.97 Å². The molecule has 1 heterocycles. The van der Waals surface area contributed by atoms with Crippen molar-refractivity contribution in [3.05, 3.63) is 181 Å². The summed E-state index contributed by atoms with van der Waals surface area (Å²) in [6.07, 6.45) is 0. The van der Waals surface area contributed by atoms with Crippen LogP contribution in [0.4, 0.5) is 0 Å². The highest BCUT2D eigenvalue weighted by atomic mass is 14.9. The summed E-state index contributed by atoms with van der Waals surface area (Å²) in [5, 5.41) is 2.62. The average molecular weight is 627 g/mol. The summed E-state index contributed by atoms with van der Waals surface area (Å²) < 4.78 is 0. The third-order valence-electron chi connectivity index (χ3n) is 10.1. The Morgan fingerprint density at radius 1 is 0.388 bits per heavy atom. The zero-order valence-electron chi connectivity index (χ0n) is 27.6. The minimum absolute atomic E-state index is 0.0798. The van der Waals surface area contributed by atoms with Crippen LogP contribution in [0.25, 0.3) is 78.1 Å². The topological polar surface area (TPSA) is 25.8 Å². The van der Waals surface area contributed by atoms with Crippen molar-refractivity contribution in [2.24, 2.45) is 0 Å². The second kappa shape index (κ2) is 11.5. The molecule has 1 aliphatic carbocycles. The van der Waals surface area contributed by atoms with E-state index in [4.69, 9.17) is 9.97 Å². The number of aromatic nitrogens is 2. The summed E-state index contributed by atoms with van der Waals surface area (Å²) in [5.41, 5.74) is 15.1. The lowest BCUT2D eigenvalue weighted by Crippen LogP contribution is -2.15. The van der Waals surface area contributed by atoms with Gasteiger partial charge in [-0.05, 0) is 79.5 Å². The van der Waals surface area contributed by atoms with Crippen LogP contribution >= 0.6 is 0 Å². The van der Waals surface area contributed by atoms with E-state index in [1.807, 2.05) is 12.1 Å². The Hall–Kier alpha value is -6.12. The molecule has 0 unspecified atom stereocenters. The molecule has 0 atom stereocenters. The van der Waals surface area contributed by atoms with Crippen LogP contribution in [0.2, 0.25) is 0 Å². The smallest absolute Gasteiger partial charge is 0.160 e. The molecular formula is C47H34N2. The molecule has 7 aromatic carbocycles. The molecule has 0 spiro atoms. The van der Waals surface area contributed by atoms with Crippen LogP contribution in [-0.2, 0) is 5.41 Å².